The summed E-state index contributed by atoms with van der Waals surface area (Å²) in [6.45, 7) is 1.87. The highest BCUT2D eigenvalue weighted by Gasteiger charge is 2.18. The number of carbonyl (C=O) groups excluding carboxylic acids is 2. The van der Waals surface area contributed by atoms with Gasteiger partial charge in [0.15, 0.2) is 11.0 Å². The lowest BCUT2D eigenvalue weighted by Crippen LogP contribution is -2.16. The lowest BCUT2D eigenvalue weighted by Gasteiger charge is -2.06. The molecule has 27 heavy (non-hydrogen) atoms. The molecule has 3 aromatic rings. The molecule has 1 amide bonds. The first-order chi connectivity index (χ1) is 13.0. The van der Waals surface area contributed by atoms with E-state index in [0.29, 0.717) is 15.7 Å². The van der Waals surface area contributed by atoms with E-state index in [9.17, 15) is 9.59 Å². The summed E-state index contributed by atoms with van der Waals surface area (Å²) in [6, 6.07) is 11.4. The molecule has 0 aliphatic heterocycles. The average molecular weight is 403 g/mol. The maximum absolute atomic E-state index is 12.3. The standard InChI is InChI=1S/C18H18N4O3S2/c1-11-9-13(17(24)25-3)16(27-11)19-14(23)10-26-18-21-20-15(22(18)2)12-7-5-4-6-8-12/h4-9H,10H2,1-3H3,(H,19,23). The largest absolute Gasteiger partial charge is 0.465 e. The van der Waals surface area contributed by atoms with Crippen LogP contribution in [-0.4, -0.2) is 39.5 Å². The van der Waals surface area contributed by atoms with Crippen LogP contribution in [-0.2, 0) is 16.6 Å². The van der Waals surface area contributed by atoms with E-state index in [-0.39, 0.29) is 11.7 Å². The number of amides is 1. The number of esters is 1. The number of hydrogen-bond donors (Lipinski definition) is 1. The highest BCUT2D eigenvalue weighted by Crippen LogP contribution is 2.29. The lowest BCUT2D eigenvalue weighted by atomic mass is 10.2. The molecule has 2 heterocycles. The predicted octanol–water partition coefficient (Wildman–Crippen LogP) is 3.37. The highest BCUT2D eigenvalue weighted by molar-refractivity contribution is 7.99. The van der Waals surface area contributed by atoms with Gasteiger partial charge in [0.25, 0.3) is 0 Å². The van der Waals surface area contributed by atoms with Crippen molar-refractivity contribution in [3.8, 4) is 11.4 Å². The minimum Gasteiger partial charge on any atom is -0.465 e. The number of thiophene rings is 1. The van der Waals surface area contributed by atoms with Gasteiger partial charge in [-0.25, -0.2) is 4.79 Å². The SMILES string of the molecule is COC(=O)c1cc(C)sc1NC(=O)CSc1nnc(-c2ccccc2)n1C. The number of nitrogens with one attached hydrogen (secondary N) is 1. The molecule has 0 aliphatic carbocycles. The highest BCUT2D eigenvalue weighted by atomic mass is 32.2. The molecular weight excluding hydrogens is 384 g/mol. The summed E-state index contributed by atoms with van der Waals surface area (Å²) in [5.74, 6) is 0.193. The van der Waals surface area contributed by atoms with E-state index in [0.717, 1.165) is 16.3 Å². The monoisotopic (exact) mass is 402 g/mol. The summed E-state index contributed by atoms with van der Waals surface area (Å²) >= 11 is 2.62. The summed E-state index contributed by atoms with van der Waals surface area (Å²) in [7, 11) is 3.18. The Bertz CT molecular complexity index is 966. The molecular formula is C18H18N4O3S2. The van der Waals surface area contributed by atoms with Crippen LogP contribution >= 0.6 is 23.1 Å². The zero-order chi connectivity index (χ0) is 19.4. The third-order valence-corrected chi connectivity index (χ3v) is 5.70. The number of carbonyl (C=O) groups is 2. The molecule has 0 atom stereocenters. The molecule has 0 radical (unpaired) electrons. The van der Waals surface area contributed by atoms with Gasteiger partial charge in [-0.15, -0.1) is 21.5 Å². The first kappa shape index (κ1) is 19.1. The Kier molecular flexibility index (Phi) is 5.92. The molecule has 0 unspecified atom stereocenters. The Morgan fingerprint density at radius 1 is 1.26 bits per heavy atom. The fourth-order valence-corrected chi connectivity index (χ4v) is 4.07. The van der Waals surface area contributed by atoms with Crippen LogP contribution in [0.15, 0.2) is 41.6 Å². The fourth-order valence-electron chi connectivity index (χ4n) is 2.44. The van der Waals surface area contributed by atoms with Gasteiger partial charge in [0, 0.05) is 17.5 Å². The van der Waals surface area contributed by atoms with Crippen LogP contribution in [0, 0.1) is 6.92 Å². The van der Waals surface area contributed by atoms with Crippen LogP contribution in [0.1, 0.15) is 15.2 Å². The molecule has 0 spiro atoms. The number of thioether (sulfide) groups is 1. The Morgan fingerprint density at radius 2 is 2.00 bits per heavy atom. The first-order valence-electron chi connectivity index (χ1n) is 8.05. The molecule has 0 saturated carbocycles. The van der Waals surface area contributed by atoms with E-state index >= 15 is 0 Å². The van der Waals surface area contributed by atoms with E-state index in [4.69, 9.17) is 4.74 Å². The molecule has 3 rings (SSSR count). The smallest absolute Gasteiger partial charge is 0.340 e. The zero-order valence-corrected chi connectivity index (χ0v) is 16.7. The quantitative estimate of drug-likeness (QED) is 0.503. The van der Waals surface area contributed by atoms with Gasteiger partial charge in [0.1, 0.15) is 5.00 Å². The van der Waals surface area contributed by atoms with Crippen LogP contribution in [0.2, 0.25) is 0 Å². The molecule has 0 aliphatic rings. The van der Waals surface area contributed by atoms with Crippen LogP contribution in [0.5, 0.6) is 0 Å². The second kappa shape index (κ2) is 8.36. The van der Waals surface area contributed by atoms with Crippen molar-refractivity contribution < 1.29 is 14.3 Å². The van der Waals surface area contributed by atoms with Crippen LogP contribution in [0.25, 0.3) is 11.4 Å². The molecule has 0 bridgehead atoms. The van der Waals surface area contributed by atoms with Gasteiger partial charge in [0.05, 0.1) is 18.4 Å². The van der Waals surface area contributed by atoms with Gasteiger partial charge < -0.3 is 14.6 Å². The van der Waals surface area contributed by atoms with E-state index in [1.54, 1.807) is 6.07 Å². The van der Waals surface area contributed by atoms with Gasteiger partial charge >= 0.3 is 5.97 Å². The number of hydrogen-bond acceptors (Lipinski definition) is 7. The molecule has 1 aromatic carbocycles. The van der Waals surface area contributed by atoms with Crippen molar-refractivity contribution in [1.29, 1.82) is 0 Å². The number of aryl methyl sites for hydroxylation is 1. The number of rotatable bonds is 6. The minimum absolute atomic E-state index is 0.151. The topological polar surface area (TPSA) is 86.1 Å². The van der Waals surface area contributed by atoms with Crippen LogP contribution < -0.4 is 5.32 Å². The van der Waals surface area contributed by atoms with Crippen molar-refractivity contribution >= 4 is 40.0 Å². The van der Waals surface area contributed by atoms with Gasteiger partial charge in [-0.1, -0.05) is 42.1 Å². The van der Waals surface area contributed by atoms with Crippen LogP contribution in [0.4, 0.5) is 5.00 Å². The van der Waals surface area contributed by atoms with Gasteiger partial charge in [-0.05, 0) is 13.0 Å². The average Bonchev–Trinajstić information content (AvgIpc) is 3.22. The van der Waals surface area contributed by atoms with Crippen molar-refractivity contribution in [1.82, 2.24) is 14.8 Å². The number of nitrogens with zero attached hydrogens (tertiary/aromatic N) is 3. The number of ether oxygens (including phenoxy) is 1. The van der Waals surface area contributed by atoms with Crippen molar-refractivity contribution in [3.05, 3.63) is 46.8 Å². The zero-order valence-electron chi connectivity index (χ0n) is 15.1. The Morgan fingerprint density at radius 3 is 2.70 bits per heavy atom. The molecule has 1 N–H and O–H groups in total. The minimum atomic E-state index is -0.469. The Hall–Kier alpha value is -2.65. The third kappa shape index (κ3) is 4.37. The fraction of sp³-hybridized carbons (Fsp3) is 0.222. The summed E-state index contributed by atoms with van der Waals surface area (Å²) < 4.78 is 6.60. The molecule has 0 fully saturated rings. The lowest BCUT2D eigenvalue weighted by molar-refractivity contribution is -0.113. The second-order valence-corrected chi connectivity index (χ2v) is 7.86. The van der Waals surface area contributed by atoms with Crippen molar-refractivity contribution in [2.75, 3.05) is 18.2 Å². The van der Waals surface area contributed by atoms with Crippen molar-refractivity contribution in [2.45, 2.75) is 12.1 Å². The molecule has 2 aromatic heterocycles. The summed E-state index contributed by atoms with van der Waals surface area (Å²) in [5, 5.41) is 12.3. The van der Waals surface area contributed by atoms with E-state index in [1.807, 2.05) is 48.9 Å². The van der Waals surface area contributed by atoms with Gasteiger partial charge in [-0.3, -0.25) is 4.79 Å². The van der Waals surface area contributed by atoms with Crippen LogP contribution in [0.3, 0.4) is 0 Å². The maximum atomic E-state index is 12.3. The number of benzene rings is 1. The number of methoxy groups -OCH3 is 1. The summed E-state index contributed by atoms with van der Waals surface area (Å²) in [4.78, 5) is 25.0. The third-order valence-electron chi connectivity index (χ3n) is 3.71. The molecule has 9 heteroatoms. The molecule has 7 nitrogen and oxygen atoms in total. The second-order valence-electron chi connectivity index (χ2n) is 5.66. The van der Waals surface area contributed by atoms with Crippen molar-refractivity contribution in [3.63, 3.8) is 0 Å². The maximum Gasteiger partial charge on any atom is 0.340 e. The summed E-state index contributed by atoms with van der Waals surface area (Å²) in [5.41, 5.74) is 1.32. The molecule has 140 valence electrons. The number of aromatic nitrogens is 3. The predicted molar refractivity (Wildman–Crippen MR) is 106 cm³/mol. The normalized spacial score (nSPS) is 10.6. The van der Waals surface area contributed by atoms with E-state index in [1.165, 1.54) is 30.2 Å². The van der Waals surface area contributed by atoms with Gasteiger partial charge in [-0.2, -0.15) is 0 Å². The van der Waals surface area contributed by atoms with Gasteiger partial charge in [0.2, 0.25) is 5.91 Å². The Labute approximate surface area is 164 Å². The van der Waals surface area contributed by atoms with E-state index < -0.39 is 5.97 Å². The number of anilines is 1. The summed E-state index contributed by atoms with van der Waals surface area (Å²) in [6.07, 6.45) is 0. The first-order valence-corrected chi connectivity index (χ1v) is 9.86. The molecule has 0 saturated heterocycles. The Balaban J connectivity index is 1.65. The van der Waals surface area contributed by atoms with E-state index in [2.05, 4.69) is 15.5 Å². The van der Waals surface area contributed by atoms with Crippen molar-refractivity contribution in [2.24, 2.45) is 7.05 Å².